The molecule has 1 unspecified atom stereocenters. The Morgan fingerprint density at radius 3 is 2.78 bits per heavy atom. The Bertz CT molecular complexity index is 448. The van der Waals surface area contributed by atoms with E-state index in [0.717, 1.165) is 23.6 Å². The molecule has 0 saturated carbocycles. The fraction of sp³-hybridized carbons (Fsp3) is 0.692. The maximum Gasteiger partial charge on any atom is 0.138 e. The largest absolute Gasteiger partial charge is 0.384 e. The van der Waals surface area contributed by atoms with Gasteiger partial charge in [0.1, 0.15) is 11.7 Å². The number of anilines is 1. The summed E-state index contributed by atoms with van der Waals surface area (Å²) >= 11 is 0. The monoisotopic (exact) mass is 249 g/mol. The van der Waals surface area contributed by atoms with Gasteiger partial charge in [-0.3, -0.25) is 10.1 Å². The first-order valence-electron chi connectivity index (χ1n) is 6.67. The maximum absolute atomic E-state index is 7.77. The molecule has 100 valence electrons. The maximum atomic E-state index is 7.77. The van der Waals surface area contributed by atoms with E-state index in [4.69, 9.17) is 11.1 Å². The SMILES string of the molecule is Cc1nn(C)c(N2CCCCCC2C)c1C(=N)N. The number of nitrogens with two attached hydrogens (primary N) is 1. The predicted octanol–water partition coefficient (Wildman–Crippen LogP) is 1.78. The van der Waals surface area contributed by atoms with E-state index in [9.17, 15) is 0 Å². The number of aromatic nitrogens is 2. The number of amidine groups is 1. The lowest BCUT2D eigenvalue weighted by atomic mass is 10.1. The molecule has 1 fully saturated rings. The van der Waals surface area contributed by atoms with Crippen molar-refractivity contribution in [2.45, 2.75) is 45.6 Å². The van der Waals surface area contributed by atoms with Gasteiger partial charge in [0.15, 0.2) is 0 Å². The fourth-order valence-corrected chi connectivity index (χ4v) is 2.88. The van der Waals surface area contributed by atoms with Gasteiger partial charge in [-0.05, 0) is 26.7 Å². The molecule has 1 saturated heterocycles. The highest BCUT2D eigenvalue weighted by Gasteiger charge is 2.25. The quantitative estimate of drug-likeness (QED) is 0.620. The molecule has 5 heteroatoms. The lowest BCUT2D eigenvalue weighted by Gasteiger charge is -2.30. The molecule has 1 atom stereocenters. The van der Waals surface area contributed by atoms with E-state index in [0.29, 0.717) is 6.04 Å². The molecule has 2 heterocycles. The molecule has 0 radical (unpaired) electrons. The van der Waals surface area contributed by atoms with Crippen LogP contribution in [0.2, 0.25) is 0 Å². The molecule has 2 rings (SSSR count). The van der Waals surface area contributed by atoms with Crippen molar-refractivity contribution in [1.82, 2.24) is 9.78 Å². The van der Waals surface area contributed by atoms with E-state index in [1.807, 2.05) is 18.7 Å². The zero-order valence-corrected chi connectivity index (χ0v) is 11.5. The molecule has 0 aliphatic carbocycles. The number of nitrogen functional groups attached to an aromatic ring is 1. The third kappa shape index (κ3) is 2.21. The summed E-state index contributed by atoms with van der Waals surface area (Å²) in [5.41, 5.74) is 7.36. The second kappa shape index (κ2) is 5.00. The molecule has 1 aromatic heterocycles. The predicted molar refractivity (Wildman–Crippen MR) is 74.2 cm³/mol. The lowest BCUT2D eigenvalue weighted by molar-refractivity contribution is 0.593. The van der Waals surface area contributed by atoms with Crippen molar-refractivity contribution in [2.75, 3.05) is 11.4 Å². The van der Waals surface area contributed by atoms with Crippen LogP contribution in [0.15, 0.2) is 0 Å². The summed E-state index contributed by atoms with van der Waals surface area (Å²) < 4.78 is 1.87. The molecule has 0 spiro atoms. The number of nitrogens with zero attached hydrogens (tertiary/aromatic N) is 3. The van der Waals surface area contributed by atoms with Gasteiger partial charge in [-0.1, -0.05) is 12.8 Å². The van der Waals surface area contributed by atoms with Crippen LogP contribution in [0.5, 0.6) is 0 Å². The summed E-state index contributed by atoms with van der Waals surface area (Å²) in [6, 6.07) is 0.486. The van der Waals surface area contributed by atoms with Gasteiger partial charge in [0.25, 0.3) is 0 Å². The first-order chi connectivity index (χ1) is 8.52. The summed E-state index contributed by atoms with van der Waals surface area (Å²) in [5, 5.41) is 12.2. The first kappa shape index (κ1) is 12.9. The molecule has 0 amide bonds. The molecule has 1 aliphatic rings. The molecule has 18 heavy (non-hydrogen) atoms. The normalized spacial score (nSPS) is 20.8. The summed E-state index contributed by atoms with van der Waals surface area (Å²) in [4.78, 5) is 2.36. The first-order valence-corrected chi connectivity index (χ1v) is 6.67. The van der Waals surface area contributed by atoms with E-state index in [1.54, 1.807) is 0 Å². The zero-order chi connectivity index (χ0) is 13.3. The topological polar surface area (TPSA) is 70.9 Å². The Morgan fingerprint density at radius 1 is 1.39 bits per heavy atom. The van der Waals surface area contributed by atoms with Crippen molar-refractivity contribution in [3.63, 3.8) is 0 Å². The van der Waals surface area contributed by atoms with Crippen LogP contribution >= 0.6 is 0 Å². The second-order valence-electron chi connectivity index (χ2n) is 5.21. The third-order valence-electron chi connectivity index (χ3n) is 3.79. The zero-order valence-electron chi connectivity index (χ0n) is 11.5. The highest BCUT2D eigenvalue weighted by Crippen LogP contribution is 2.28. The van der Waals surface area contributed by atoms with Crippen LogP contribution in [-0.2, 0) is 7.05 Å². The molecular formula is C13H23N5. The Labute approximate surface area is 108 Å². The standard InChI is InChI=1S/C13H23N5/c1-9-7-5-4-6-8-18(9)13-11(12(14)15)10(2)16-17(13)3/h9H,4-8H2,1-3H3,(H3,14,15). The van der Waals surface area contributed by atoms with Gasteiger partial charge in [0.05, 0.1) is 11.3 Å². The minimum absolute atomic E-state index is 0.118. The number of rotatable bonds is 2. The molecule has 5 nitrogen and oxygen atoms in total. The van der Waals surface area contributed by atoms with Crippen LogP contribution in [0.4, 0.5) is 5.82 Å². The van der Waals surface area contributed by atoms with Crippen LogP contribution < -0.4 is 10.6 Å². The van der Waals surface area contributed by atoms with Crippen LogP contribution in [0, 0.1) is 12.3 Å². The molecule has 0 aromatic carbocycles. The van der Waals surface area contributed by atoms with Crippen molar-refractivity contribution >= 4 is 11.7 Å². The molecule has 3 N–H and O–H groups in total. The van der Waals surface area contributed by atoms with E-state index < -0.39 is 0 Å². The van der Waals surface area contributed by atoms with E-state index in [1.165, 1.54) is 25.7 Å². The van der Waals surface area contributed by atoms with Crippen molar-refractivity contribution in [3.05, 3.63) is 11.3 Å². The number of aryl methyl sites for hydroxylation is 2. The van der Waals surface area contributed by atoms with Crippen LogP contribution in [-0.4, -0.2) is 28.2 Å². The molecule has 0 bridgehead atoms. The minimum atomic E-state index is 0.118. The summed E-state index contributed by atoms with van der Waals surface area (Å²) in [6.45, 7) is 5.20. The molecule has 1 aliphatic heterocycles. The van der Waals surface area contributed by atoms with E-state index >= 15 is 0 Å². The molecular weight excluding hydrogens is 226 g/mol. The number of hydrogen-bond donors (Lipinski definition) is 2. The van der Waals surface area contributed by atoms with Gasteiger partial charge < -0.3 is 10.6 Å². The van der Waals surface area contributed by atoms with E-state index in [2.05, 4.69) is 16.9 Å². The van der Waals surface area contributed by atoms with Gasteiger partial charge in [-0.15, -0.1) is 0 Å². The van der Waals surface area contributed by atoms with Gasteiger partial charge in [0, 0.05) is 19.6 Å². The Morgan fingerprint density at radius 2 is 2.11 bits per heavy atom. The van der Waals surface area contributed by atoms with Gasteiger partial charge in [-0.25, -0.2) is 0 Å². The number of nitrogens with one attached hydrogen (secondary N) is 1. The van der Waals surface area contributed by atoms with Crippen molar-refractivity contribution < 1.29 is 0 Å². The summed E-state index contributed by atoms with van der Waals surface area (Å²) in [6.07, 6.45) is 4.96. The van der Waals surface area contributed by atoms with Crippen LogP contribution in [0.1, 0.15) is 43.9 Å². The Balaban J connectivity index is 2.45. The van der Waals surface area contributed by atoms with Gasteiger partial charge in [-0.2, -0.15) is 5.10 Å². The minimum Gasteiger partial charge on any atom is -0.384 e. The second-order valence-corrected chi connectivity index (χ2v) is 5.21. The highest BCUT2D eigenvalue weighted by atomic mass is 15.4. The van der Waals surface area contributed by atoms with Crippen molar-refractivity contribution in [1.29, 1.82) is 5.41 Å². The Kier molecular flexibility index (Phi) is 3.59. The van der Waals surface area contributed by atoms with Crippen molar-refractivity contribution in [2.24, 2.45) is 12.8 Å². The van der Waals surface area contributed by atoms with Crippen LogP contribution in [0.3, 0.4) is 0 Å². The van der Waals surface area contributed by atoms with Gasteiger partial charge in [0.2, 0.25) is 0 Å². The highest BCUT2D eigenvalue weighted by molar-refractivity contribution is 6.01. The van der Waals surface area contributed by atoms with Gasteiger partial charge >= 0.3 is 0 Å². The summed E-state index contributed by atoms with van der Waals surface area (Å²) in [7, 11) is 1.94. The molecule has 1 aromatic rings. The van der Waals surface area contributed by atoms with Crippen molar-refractivity contribution in [3.8, 4) is 0 Å². The fourth-order valence-electron chi connectivity index (χ4n) is 2.88. The number of hydrogen-bond acceptors (Lipinski definition) is 3. The Hall–Kier alpha value is -1.52. The third-order valence-corrected chi connectivity index (χ3v) is 3.79. The van der Waals surface area contributed by atoms with Crippen LogP contribution in [0.25, 0.3) is 0 Å². The summed E-state index contributed by atoms with van der Waals surface area (Å²) in [5.74, 6) is 1.13. The smallest absolute Gasteiger partial charge is 0.138 e. The average molecular weight is 249 g/mol. The lowest BCUT2D eigenvalue weighted by Crippen LogP contribution is -2.35. The van der Waals surface area contributed by atoms with E-state index in [-0.39, 0.29) is 5.84 Å². The average Bonchev–Trinajstić information content (AvgIpc) is 2.46.